The number of pyridine rings is 1. The molecular weight excluding hydrogens is 335 g/mol. The van der Waals surface area contributed by atoms with Crippen LogP contribution in [0.3, 0.4) is 0 Å². The van der Waals surface area contributed by atoms with Crippen LogP contribution in [0.1, 0.15) is 5.56 Å². The normalized spacial score (nSPS) is 11.2. The Morgan fingerprint density at radius 3 is 2.62 bits per heavy atom. The first-order chi connectivity index (χ1) is 9.85. The molecule has 4 N–H and O–H groups in total. The van der Waals surface area contributed by atoms with Crippen molar-refractivity contribution >= 4 is 44.7 Å². The Balaban J connectivity index is 2.45. The first-order valence-electron chi connectivity index (χ1n) is 5.75. The average Bonchev–Trinajstić information content (AvgIpc) is 2.48. The zero-order chi connectivity index (χ0) is 15.6. The molecule has 0 unspecified atom stereocenters. The van der Waals surface area contributed by atoms with Gasteiger partial charge in [-0.2, -0.15) is 0 Å². The van der Waals surface area contributed by atoms with Crippen LogP contribution in [-0.2, 0) is 10.0 Å². The highest BCUT2D eigenvalue weighted by atomic mass is 35.5. The summed E-state index contributed by atoms with van der Waals surface area (Å²) in [5, 5.41) is 0.456. The molecular formula is C12H12Cl2N4O2S. The fourth-order valence-electron chi connectivity index (χ4n) is 1.60. The van der Waals surface area contributed by atoms with E-state index in [0.717, 1.165) is 0 Å². The van der Waals surface area contributed by atoms with Crippen molar-refractivity contribution in [2.45, 2.75) is 11.8 Å². The van der Waals surface area contributed by atoms with Crippen molar-refractivity contribution < 1.29 is 8.42 Å². The van der Waals surface area contributed by atoms with E-state index in [1.165, 1.54) is 18.3 Å². The van der Waals surface area contributed by atoms with Crippen molar-refractivity contribution in [3.05, 3.63) is 46.1 Å². The minimum absolute atomic E-state index is 0.0147. The van der Waals surface area contributed by atoms with Crippen LogP contribution in [0.4, 0.5) is 11.5 Å². The molecule has 1 aromatic heterocycles. The van der Waals surface area contributed by atoms with Gasteiger partial charge >= 0.3 is 0 Å². The Bertz CT molecular complexity index is 781. The lowest BCUT2D eigenvalue weighted by Gasteiger charge is -2.13. The highest BCUT2D eigenvalue weighted by Crippen LogP contribution is 2.34. The second-order valence-electron chi connectivity index (χ2n) is 4.18. The number of aromatic nitrogens is 1. The highest BCUT2D eigenvalue weighted by Gasteiger charge is 2.19. The van der Waals surface area contributed by atoms with Gasteiger partial charge in [-0.1, -0.05) is 29.3 Å². The monoisotopic (exact) mass is 346 g/mol. The average molecular weight is 347 g/mol. The third kappa shape index (κ3) is 3.38. The number of aryl methyl sites for hydroxylation is 1. The number of nitrogens with two attached hydrogens (primary N) is 1. The number of sulfonamides is 1. The minimum atomic E-state index is -3.86. The summed E-state index contributed by atoms with van der Waals surface area (Å²) in [7, 11) is -3.86. The van der Waals surface area contributed by atoms with Gasteiger partial charge in [0.1, 0.15) is 5.82 Å². The third-order valence-electron chi connectivity index (χ3n) is 2.71. The Hall–Kier alpha value is -1.54. The van der Waals surface area contributed by atoms with E-state index in [1.54, 1.807) is 19.1 Å². The van der Waals surface area contributed by atoms with E-state index < -0.39 is 10.0 Å². The molecule has 21 heavy (non-hydrogen) atoms. The van der Waals surface area contributed by atoms with Gasteiger partial charge in [0, 0.05) is 12.3 Å². The first-order valence-corrected chi connectivity index (χ1v) is 7.99. The molecule has 0 aliphatic rings. The van der Waals surface area contributed by atoms with Gasteiger partial charge in [-0.15, -0.1) is 0 Å². The molecule has 112 valence electrons. The van der Waals surface area contributed by atoms with E-state index in [9.17, 15) is 8.42 Å². The molecule has 0 atom stereocenters. The summed E-state index contributed by atoms with van der Waals surface area (Å²) in [6.07, 6.45) is 1.32. The lowest BCUT2D eigenvalue weighted by molar-refractivity contribution is 0.601. The van der Waals surface area contributed by atoms with Gasteiger partial charge < -0.3 is 5.43 Å². The van der Waals surface area contributed by atoms with E-state index in [-0.39, 0.29) is 26.4 Å². The highest BCUT2D eigenvalue weighted by molar-refractivity contribution is 7.92. The van der Waals surface area contributed by atoms with E-state index in [2.05, 4.69) is 15.1 Å². The van der Waals surface area contributed by atoms with Crippen molar-refractivity contribution in [3.63, 3.8) is 0 Å². The molecule has 0 saturated heterocycles. The molecule has 0 bridgehead atoms. The summed E-state index contributed by atoms with van der Waals surface area (Å²) in [5.74, 6) is 5.43. The first kappa shape index (κ1) is 15.8. The predicted octanol–water partition coefficient (Wildman–Crippen LogP) is 2.78. The summed E-state index contributed by atoms with van der Waals surface area (Å²) in [5.41, 5.74) is 3.12. The molecule has 0 aliphatic heterocycles. The van der Waals surface area contributed by atoms with Gasteiger partial charge in [0.15, 0.2) is 0 Å². The number of hydrazine groups is 1. The van der Waals surface area contributed by atoms with E-state index in [0.29, 0.717) is 5.56 Å². The molecule has 0 saturated carbocycles. The number of halogens is 2. The topological polar surface area (TPSA) is 97.1 Å². The van der Waals surface area contributed by atoms with Crippen molar-refractivity contribution in [2.24, 2.45) is 5.84 Å². The molecule has 1 heterocycles. The Morgan fingerprint density at radius 1 is 1.24 bits per heavy atom. The summed E-state index contributed by atoms with van der Waals surface area (Å²) in [6.45, 7) is 1.75. The van der Waals surface area contributed by atoms with Crippen LogP contribution in [0, 0.1) is 6.92 Å². The van der Waals surface area contributed by atoms with E-state index in [4.69, 9.17) is 29.0 Å². The van der Waals surface area contributed by atoms with Gasteiger partial charge in [-0.05, 0) is 24.6 Å². The second-order valence-corrected chi connectivity index (χ2v) is 6.65. The van der Waals surface area contributed by atoms with Gasteiger partial charge in [-0.3, -0.25) is 4.72 Å². The van der Waals surface area contributed by atoms with Crippen LogP contribution in [0.5, 0.6) is 0 Å². The lowest BCUT2D eigenvalue weighted by Crippen LogP contribution is -2.15. The largest absolute Gasteiger partial charge is 0.308 e. The number of nitrogen functional groups attached to an aromatic ring is 1. The molecule has 0 fully saturated rings. The fraction of sp³-hybridized carbons (Fsp3) is 0.0833. The third-order valence-corrected chi connectivity index (χ3v) is 4.86. The predicted molar refractivity (Wildman–Crippen MR) is 84.1 cm³/mol. The standard InChI is InChI=1S/C12H12Cl2N4O2S/c1-7-2-3-9(13)12(11(7)14)18-21(19,20)8-4-5-16-10(6-8)17-15/h2-6,18H,15H2,1H3,(H,16,17). The number of rotatable bonds is 4. The van der Waals surface area contributed by atoms with Crippen LogP contribution in [0.2, 0.25) is 10.0 Å². The maximum absolute atomic E-state index is 12.4. The van der Waals surface area contributed by atoms with Gasteiger partial charge in [0.25, 0.3) is 10.0 Å². The Labute approximate surface area is 132 Å². The molecule has 1 aromatic carbocycles. The number of nitrogens with one attached hydrogen (secondary N) is 2. The SMILES string of the molecule is Cc1ccc(Cl)c(NS(=O)(=O)c2ccnc(NN)c2)c1Cl. The summed E-state index contributed by atoms with van der Waals surface area (Å²) in [4.78, 5) is 3.83. The molecule has 0 radical (unpaired) electrons. The fourth-order valence-corrected chi connectivity index (χ4v) is 3.28. The van der Waals surface area contributed by atoms with Crippen molar-refractivity contribution in [2.75, 3.05) is 10.1 Å². The van der Waals surface area contributed by atoms with Gasteiger partial charge in [-0.25, -0.2) is 19.2 Å². The summed E-state index contributed by atoms with van der Waals surface area (Å²) >= 11 is 12.1. The lowest BCUT2D eigenvalue weighted by atomic mass is 10.2. The van der Waals surface area contributed by atoms with Crippen molar-refractivity contribution in [1.82, 2.24) is 4.98 Å². The smallest absolute Gasteiger partial charge is 0.262 e. The molecule has 0 spiro atoms. The molecule has 0 aliphatic carbocycles. The quantitative estimate of drug-likeness (QED) is 0.584. The summed E-state index contributed by atoms with van der Waals surface area (Å²) in [6, 6.07) is 5.89. The van der Waals surface area contributed by atoms with Crippen LogP contribution in [0.25, 0.3) is 0 Å². The van der Waals surface area contributed by atoms with Crippen LogP contribution in [-0.4, -0.2) is 13.4 Å². The van der Waals surface area contributed by atoms with Crippen molar-refractivity contribution in [1.29, 1.82) is 0 Å². The molecule has 6 nitrogen and oxygen atoms in total. The number of anilines is 2. The number of nitrogens with zero attached hydrogens (tertiary/aromatic N) is 1. The number of hydrogen-bond acceptors (Lipinski definition) is 5. The van der Waals surface area contributed by atoms with Crippen LogP contribution in [0.15, 0.2) is 35.4 Å². The van der Waals surface area contributed by atoms with E-state index in [1.807, 2.05) is 0 Å². The minimum Gasteiger partial charge on any atom is -0.308 e. The molecule has 2 aromatic rings. The molecule has 9 heteroatoms. The van der Waals surface area contributed by atoms with Crippen LogP contribution < -0.4 is 16.0 Å². The molecule has 2 rings (SSSR count). The number of hydrogen-bond donors (Lipinski definition) is 3. The Kier molecular flexibility index (Phi) is 4.58. The maximum atomic E-state index is 12.4. The molecule has 0 amide bonds. The zero-order valence-electron chi connectivity index (χ0n) is 10.9. The Morgan fingerprint density at radius 2 is 1.95 bits per heavy atom. The number of benzene rings is 1. The van der Waals surface area contributed by atoms with Crippen molar-refractivity contribution in [3.8, 4) is 0 Å². The zero-order valence-corrected chi connectivity index (χ0v) is 13.2. The van der Waals surface area contributed by atoms with Crippen LogP contribution >= 0.6 is 23.2 Å². The van der Waals surface area contributed by atoms with E-state index >= 15 is 0 Å². The maximum Gasteiger partial charge on any atom is 0.262 e. The van der Waals surface area contributed by atoms with Gasteiger partial charge in [0.05, 0.1) is 20.6 Å². The summed E-state index contributed by atoms with van der Waals surface area (Å²) < 4.78 is 27.1. The second kappa shape index (κ2) is 6.07. The van der Waals surface area contributed by atoms with Gasteiger partial charge in [0.2, 0.25) is 0 Å².